The fourth-order valence-corrected chi connectivity index (χ4v) is 2.94. The molecule has 3 rings (SSSR count). The molecule has 0 radical (unpaired) electrons. The topological polar surface area (TPSA) is 33.1 Å². The molecule has 1 aliphatic rings. The molecule has 20 heavy (non-hydrogen) atoms. The second kappa shape index (κ2) is 4.98. The van der Waals surface area contributed by atoms with Crippen LogP contribution in [0.15, 0.2) is 36.7 Å². The molecule has 0 saturated heterocycles. The van der Waals surface area contributed by atoms with Gasteiger partial charge in [-0.2, -0.15) is 0 Å². The minimum absolute atomic E-state index is 0.420. The van der Waals surface area contributed by atoms with Gasteiger partial charge < -0.3 is 5.11 Å². The zero-order valence-corrected chi connectivity index (χ0v) is 11.6. The van der Waals surface area contributed by atoms with Crippen molar-refractivity contribution in [3.63, 3.8) is 0 Å². The van der Waals surface area contributed by atoms with Crippen LogP contribution in [-0.2, 0) is 24.9 Å². The van der Waals surface area contributed by atoms with Crippen molar-refractivity contribution < 1.29 is 9.50 Å². The first-order valence-corrected chi connectivity index (χ1v) is 6.99. The van der Waals surface area contributed by atoms with Gasteiger partial charge in [-0.25, -0.2) is 4.39 Å². The highest BCUT2D eigenvalue weighted by molar-refractivity contribution is 5.36. The molecule has 2 nitrogen and oxygen atoms in total. The van der Waals surface area contributed by atoms with Crippen LogP contribution >= 0.6 is 0 Å². The van der Waals surface area contributed by atoms with Crippen molar-refractivity contribution in [3.05, 3.63) is 64.7 Å². The summed E-state index contributed by atoms with van der Waals surface area (Å²) in [5.41, 5.74) is 3.29. The third-order valence-electron chi connectivity index (χ3n) is 4.04. The van der Waals surface area contributed by atoms with Crippen LogP contribution in [-0.4, -0.2) is 10.1 Å². The molecule has 1 atom stereocenters. The van der Waals surface area contributed by atoms with Crippen molar-refractivity contribution in [2.45, 2.75) is 38.2 Å². The van der Waals surface area contributed by atoms with Gasteiger partial charge in [0, 0.05) is 18.2 Å². The van der Waals surface area contributed by atoms with E-state index < -0.39 is 11.4 Å². The number of hydrogen-bond acceptors (Lipinski definition) is 2. The lowest BCUT2D eigenvalue weighted by Gasteiger charge is -2.24. The molecule has 0 saturated carbocycles. The smallest absolute Gasteiger partial charge is 0.141 e. The number of rotatable bonds is 3. The van der Waals surface area contributed by atoms with Gasteiger partial charge in [0.25, 0.3) is 0 Å². The standard InChI is InChI=1S/C17H18FNO/c1-17(20,15-8-16(18)11-19-10-15)9-12-5-6-13-3-2-4-14(13)7-12/h5-8,10-11,20H,2-4,9H2,1H3. The van der Waals surface area contributed by atoms with E-state index in [0.717, 1.165) is 24.6 Å². The fourth-order valence-electron chi connectivity index (χ4n) is 2.94. The maximum atomic E-state index is 13.2. The minimum Gasteiger partial charge on any atom is -0.385 e. The second-order valence-electron chi connectivity index (χ2n) is 5.80. The van der Waals surface area contributed by atoms with Gasteiger partial charge in [-0.1, -0.05) is 18.2 Å². The molecule has 3 heteroatoms. The molecule has 1 aromatic carbocycles. The van der Waals surface area contributed by atoms with Crippen molar-refractivity contribution in [1.82, 2.24) is 4.98 Å². The molecule has 0 spiro atoms. The van der Waals surface area contributed by atoms with Gasteiger partial charge in [0.05, 0.1) is 11.8 Å². The van der Waals surface area contributed by atoms with Crippen molar-refractivity contribution in [2.75, 3.05) is 0 Å². The van der Waals surface area contributed by atoms with E-state index in [-0.39, 0.29) is 0 Å². The number of pyridine rings is 1. The molecule has 1 aromatic heterocycles. The zero-order chi connectivity index (χ0) is 14.2. The second-order valence-corrected chi connectivity index (χ2v) is 5.80. The van der Waals surface area contributed by atoms with E-state index >= 15 is 0 Å². The maximum Gasteiger partial charge on any atom is 0.141 e. The zero-order valence-electron chi connectivity index (χ0n) is 11.6. The number of aromatic nitrogens is 1. The Kier molecular flexibility index (Phi) is 3.30. The molecule has 0 aliphatic heterocycles. The van der Waals surface area contributed by atoms with Crippen LogP contribution in [0.2, 0.25) is 0 Å². The molecule has 0 bridgehead atoms. The number of aryl methyl sites for hydroxylation is 2. The highest BCUT2D eigenvalue weighted by Gasteiger charge is 2.25. The average molecular weight is 271 g/mol. The summed E-state index contributed by atoms with van der Waals surface area (Å²) < 4.78 is 13.2. The van der Waals surface area contributed by atoms with Crippen molar-refractivity contribution >= 4 is 0 Å². The lowest BCUT2D eigenvalue weighted by molar-refractivity contribution is 0.0569. The molecule has 2 aromatic rings. The van der Waals surface area contributed by atoms with Crippen LogP contribution < -0.4 is 0 Å². The fraction of sp³-hybridized carbons (Fsp3) is 0.353. The summed E-state index contributed by atoms with van der Waals surface area (Å²) in [6, 6.07) is 7.73. The van der Waals surface area contributed by atoms with Gasteiger partial charge in [0.15, 0.2) is 0 Å². The van der Waals surface area contributed by atoms with Crippen molar-refractivity contribution in [3.8, 4) is 0 Å². The van der Waals surface area contributed by atoms with Gasteiger partial charge in [0.2, 0.25) is 0 Å². The molecule has 0 amide bonds. The van der Waals surface area contributed by atoms with E-state index in [1.807, 2.05) is 0 Å². The van der Waals surface area contributed by atoms with E-state index in [0.29, 0.717) is 12.0 Å². The number of halogens is 1. The molecule has 1 unspecified atom stereocenters. The first kappa shape index (κ1) is 13.3. The number of aliphatic hydroxyl groups is 1. The average Bonchev–Trinajstić information content (AvgIpc) is 2.85. The molecule has 104 valence electrons. The van der Waals surface area contributed by atoms with Crippen molar-refractivity contribution in [2.24, 2.45) is 0 Å². The Morgan fingerprint density at radius 3 is 2.80 bits per heavy atom. The molecular weight excluding hydrogens is 253 g/mol. The lowest BCUT2D eigenvalue weighted by atomic mass is 9.89. The summed E-state index contributed by atoms with van der Waals surface area (Å²) in [4.78, 5) is 3.81. The van der Waals surface area contributed by atoms with Gasteiger partial charge in [-0.3, -0.25) is 4.98 Å². The summed E-state index contributed by atoms with van der Waals surface area (Å²) >= 11 is 0. The Labute approximate surface area is 118 Å². The van der Waals surface area contributed by atoms with Crippen molar-refractivity contribution in [1.29, 1.82) is 0 Å². The van der Waals surface area contributed by atoms with Crippen LogP contribution in [0.4, 0.5) is 4.39 Å². The number of nitrogens with zero attached hydrogens (tertiary/aromatic N) is 1. The Bertz CT molecular complexity index is 637. The van der Waals surface area contributed by atoms with Crippen LogP contribution in [0.5, 0.6) is 0 Å². The predicted molar refractivity (Wildman–Crippen MR) is 75.9 cm³/mol. The predicted octanol–water partition coefficient (Wildman–Crippen LogP) is 3.16. The third kappa shape index (κ3) is 2.59. The van der Waals surface area contributed by atoms with E-state index in [9.17, 15) is 9.50 Å². The van der Waals surface area contributed by atoms with Gasteiger partial charge in [0.1, 0.15) is 5.82 Å². The minimum atomic E-state index is -1.11. The number of fused-ring (bicyclic) bond motifs is 1. The van der Waals surface area contributed by atoms with Crippen LogP contribution in [0.3, 0.4) is 0 Å². The first-order valence-electron chi connectivity index (χ1n) is 6.99. The number of benzene rings is 1. The van der Waals surface area contributed by atoms with Crippen LogP contribution in [0, 0.1) is 5.82 Å². The Morgan fingerprint density at radius 1 is 1.20 bits per heavy atom. The Balaban J connectivity index is 1.86. The van der Waals surface area contributed by atoms with Gasteiger partial charge >= 0.3 is 0 Å². The summed E-state index contributed by atoms with van der Waals surface area (Å²) in [6.07, 6.45) is 6.62. The quantitative estimate of drug-likeness (QED) is 0.930. The van der Waals surface area contributed by atoms with Crippen LogP contribution in [0.1, 0.15) is 35.6 Å². The molecule has 1 aliphatic carbocycles. The van der Waals surface area contributed by atoms with Gasteiger partial charge in [-0.15, -0.1) is 0 Å². The summed E-state index contributed by atoms with van der Waals surface area (Å²) in [7, 11) is 0. The van der Waals surface area contributed by atoms with E-state index in [4.69, 9.17) is 0 Å². The number of hydrogen-bond donors (Lipinski definition) is 1. The lowest BCUT2D eigenvalue weighted by Crippen LogP contribution is -2.24. The van der Waals surface area contributed by atoms with E-state index in [1.165, 1.54) is 29.8 Å². The van der Waals surface area contributed by atoms with E-state index in [2.05, 4.69) is 23.2 Å². The highest BCUT2D eigenvalue weighted by Crippen LogP contribution is 2.28. The maximum absolute atomic E-state index is 13.2. The Hall–Kier alpha value is -1.74. The van der Waals surface area contributed by atoms with E-state index in [1.54, 1.807) is 6.92 Å². The van der Waals surface area contributed by atoms with Gasteiger partial charge in [-0.05, 0) is 48.9 Å². The molecule has 1 N–H and O–H groups in total. The monoisotopic (exact) mass is 271 g/mol. The third-order valence-corrected chi connectivity index (χ3v) is 4.04. The SMILES string of the molecule is CC(O)(Cc1ccc2c(c1)CCC2)c1cncc(F)c1. The normalized spacial score (nSPS) is 16.8. The Morgan fingerprint density at radius 2 is 2.00 bits per heavy atom. The molecule has 0 fully saturated rings. The molecule has 1 heterocycles. The summed E-state index contributed by atoms with van der Waals surface area (Å²) in [6.45, 7) is 1.71. The largest absolute Gasteiger partial charge is 0.385 e. The summed E-state index contributed by atoms with van der Waals surface area (Å²) in [5, 5.41) is 10.6. The van der Waals surface area contributed by atoms with Crippen LogP contribution in [0.25, 0.3) is 0 Å². The first-order chi connectivity index (χ1) is 9.54. The summed E-state index contributed by atoms with van der Waals surface area (Å²) in [5.74, 6) is -0.420. The highest BCUT2D eigenvalue weighted by atomic mass is 19.1. The molecular formula is C17H18FNO.